The highest BCUT2D eigenvalue weighted by atomic mass is 19.1. The molecule has 0 atom stereocenters. The number of methoxy groups -OCH3 is 1. The van der Waals surface area contributed by atoms with Gasteiger partial charge in [0.25, 0.3) is 0 Å². The molecule has 0 saturated carbocycles. The summed E-state index contributed by atoms with van der Waals surface area (Å²) in [5.41, 5.74) is 0.915. The largest absolute Gasteiger partial charge is 0.494 e. The van der Waals surface area contributed by atoms with E-state index in [9.17, 15) is 4.39 Å². The van der Waals surface area contributed by atoms with Gasteiger partial charge in [0.2, 0.25) is 0 Å². The van der Waals surface area contributed by atoms with Crippen LogP contribution in [0.25, 0.3) is 0 Å². The van der Waals surface area contributed by atoms with Crippen molar-refractivity contribution in [2.75, 3.05) is 20.3 Å². The van der Waals surface area contributed by atoms with E-state index in [1.54, 1.807) is 6.07 Å². The van der Waals surface area contributed by atoms with Crippen LogP contribution in [0.2, 0.25) is 0 Å². The van der Waals surface area contributed by atoms with Crippen molar-refractivity contribution in [2.45, 2.75) is 32.9 Å². The molecule has 1 aromatic carbocycles. The molecule has 0 aliphatic carbocycles. The molecule has 0 aliphatic heterocycles. The average molecular weight is 255 g/mol. The molecule has 1 rings (SSSR count). The normalized spacial score (nSPS) is 10.9. The lowest BCUT2D eigenvalue weighted by Gasteiger charge is -2.09. The quantitative estimate of drug-likeness (QED) is 0.725. The Morgan fingerprint density at radius 3 is 2.72 bits per heavy atom. The minimum Gasteiger partial charge on any atom is -0.494 e. The second-order valence-electron chi connectivity index (χ2n) is 4.42. The van der Waals surface area contributed by atoms with E-state index < -0.39 is 0 Å². The summed E-state index contributed by atoms with van der Waals surface area (Å²) in [6.07, 6.45) is 1.23. The Morgan fingerprint density at radius 2 is 2.11 bits per heavy atom. The maximum atomic E-state index is 13.4. The maximum Gasteiger partial charge on any atom is 0.165 e. The summed E-state index contributed by atoms with van der Waals surface area (Å²) in [4.78, 5) is 0. The molecular weight excluding hydrogens is 233 g/mol. The Bertz CT molecular complexity index is 356. The fourth-order valence-electron chi connectivity index (χ4n) is 1.57. The van der Waals surface area contributed by atoms with Crippen molar-refractivity contribution in [3.63, 3.8) is 0 Å². The van der Waals surface area contributed by atoms with Gasteiger partial charge in [0.15, 0.2) is 11.6 Å². The third kappa shape index (κ3) is 5.47. The van der Waals surface area contributed by atoms with Crippen LogP contribution >= 0.6 is 0 Å². The van der Waals surface area contributed by atoms with E-state index in [1.165, 1.54) is 13.2 Å². The number of ether oxygens (including phenoxy) is 2. The first-order valence-corrected chi connectivity index (χ1v) is 6.28. The highest BCUT2D eigenvalue weighted by Gasteiger charge is 2.02. The van der Waals surface area contributed by atoms with Gasteiger partial charge in [0.05, 0.1) is 13.2 Å². The van der Waals surface area contributed by atoms with Crippen molar-refractivity contribution in [3.05, 3.63) is 29.6 Å². The van der Waals surface area contributed by atoms with Crippen molar-refractivity contribution in [1.29, 1.82) is 0 Å². The molecule has 0 aromatic heterocycles. The van der Waals surface area contributed by atoms with E-state index >= 15 is 0 Å². The zero-order valence-corrected chi connectivity index (χ0v) is 11.3. The standard InChI is InChI=1S/C14H22FNO2/c1-11(2)18-8-4-7-16-10-12-5-6-14(17-3)13(15)9-12/h5-6,9,11,16H,4,7-8,10H2,1-3H3. The lowest BCUT2D eigenvalue weighted by atomic mass is 10.2. The Balaban J connectivity index is 2.21. The second-order valence-corrected chi connectivity index (χ2v) is 4.42. The summed E-state index contributed by atoms with van der Waals surface area (Å²) in [5, 5.41) is 3.25. The molecule has 1 aromatic rings. The highest BCUT2D eigenvalue weighted by Crippen LogP contribution is 2.17. The van der Waals surface area contributed by atoms with Crippen LogP contribution in [0.3, 0.4) is 0 Å². The van der Waals surface area contributed by atoms with Crippen LogP contribution in [0.15, 0.2) is 18.2 Å². The Kier molecular flexibility index (Phi) is 6.68. The molecule has 0 amide bonds. The molecule has 1 N–H and O–H groups in total. The average Bonchev–Trinajstić information content (AvgIpc) is 2.33. The van der Waals surface area contributed by atoms with Gasteiger partial charge in [-0.15, -0.1) is 0 Å². The number of halogens is 1. The lowest BCUT2D eigenvalue weighted by Crippen LogP contribution is -2.17. The summed E-state index contributed by atoms with van der Waals surface area (Å²) in [7, 11) is 1.46. The summed E-state index contributed by atoms with van der Waals surface area (Å²) < 4.78 is 23.7. The minimum atomic E-state index is -0.319. The summed E-state index contributed by atoms with van der Waals surface area (Å²) in [6.45, 7) is 6.31. The van der Waals surface area contributed by atoms with Crippen molar-refractivity contribution in [3.8, 4) is 5.75 Å². The third-order valence-electron chi connectivity index (χ3n) is 2.49. The SMILES string of the molecule is COc1ccc(CNCCCOC(C)C)cc1F. The van der Waals surface area contributed by atoms with E-state index in [-0.39, 0.29) is 17.7 Å². The zero-order valence-electron chi connectivity index (χ0n) is 11.3. The van der Waals surface area contributed by atoms with Crippen LogP contribution in [-0.2, 0) is 11.3 Å². The van der Waals surface area contributed by atoms with Gasteiger partial charge in [-0.3, -0.25) is 0 Å². The number of hydrogen-bond donors (Lipinski definition) is 1. The fraction of sp³-hybridized carbons (Fsp3) is 0.571. The van der Waals surface area contributed by atoms with Gasteiger partial charge in [0.1, 0.15) is 0 Å². The van der Waals surface area contributed by atoms with Gasteiger partial charge in [-0.05, 0) is 44.5 Å². The van der Waals surface area contributed by atoms with Crippen LogP contribution in [-0.4, -0.2) is 26.4 Å². The highest BCUT2D eigenvalue weighted by molar-refractivity contribution is 5.29. The topological polar surface area (TPSA) is 30.5 Å². The van der Waals surface area contributed by atoms with E-state index in [0.717, 1.165) is 25.1 Å². The number of rotatable bonds is 8. The summed E-state index contributed by atoms with van der Waals surface area (Å²) in [6, 6.07) is 5.00. The molecule has 0 radical (unpaired) electrons. The van der Waals surface area contributed by atoms with Gasteiger partial charge in [-0.25, -0.2) is 4.39 Å². The van der Waals surface area contributed by atoms with Crippen LogP contribution < -0.4 is 10.1 Å². The fourth-order valence-corrected chi connectivity index (χ4v) is 1.57. The van der Waals surface area contributed by atoms with Gasteiger partial charge < -0.3 is 14.8 Å². The molecule has 0 aliphatic rings. The third-order valence-corrected chi connectivity index (χ3v) is 2.49. The van der Waals surface area contributed by atoms with Gasteiger partial charge >= 0.3 is 0 Å². The minimum absolute atomic E-state index is 0.278. The number of hydrogen-bond acceptors (Lipinski definition) is 3. The molecule has 4 heteroatoms. The Morgan fingerprint density at radius 1 is 1.33 bits per heavy atom. The van der Waals surface area contributed by atoms with E-state index in [0.29, 0.717) is 6.54 Å². The molecule has 0 spiro atoms. The first-order valence-electron chi connectivity index (χ1n) is 6.28. The van der Waals surface area contributed by atoms with Gasteiger partial charge in [-0.2, -0.15) is 0 Å². The predicted molar refractivity (Wildman–Crippen MR) is 70.4 cm³/mol. The molecule has 0 unspecified atom stereocenters. The van der Waals surface area contributed by atoms with Crippen molar-refractivity contribution < 1.29 is 13.9 Å². The first-order chi connectivity index (χ1) is 8.63. The monoisotopic (exact) mass is 255 g/mol. The molecule has 102 valence electrons. The molecule has 0 saturated heterocycles. The summed E-state index contributed by atoms with van der Waals surface area (Å²) >= 11 is 0. The first kappa shape index (κ1) is 14.9. The molecule has 0 bridgehead atoms. The Labute approximate surface area is 108 Å². The van der Waals surface area contributed by atoms with E-state index in [4.69, 9.17) is 9.47 Å². The number of nitrogens with one attached hydrogen (secondary N) is 1. The maximum absolute atomic E-state index is 13.4. The van der Waals surface area contributed by atoms with Crippen LogP contribution in [0.1, 0.15) is 25.8 Å². The van der Waals surface area contributed by atoms with E-state index in [2.05, 4.69) is 5.32 Å². The molecule has 0 fully saturated rings. The van der Waals surface area contributed by atoms with Crippen LogP contribution in [0, 0.1) is 5.82 Å². The van der Waals surface area contributed by atoms with Crippen molar-refractivity contribution in [2.24, 2.45) is 0 Å². The smallest absolute Gasteiger partial charge is 0.165 e. The zero-order chi connectivity index (χ0) is 13.4. The molecule has 3 nitrogen and oxygen atoms in total. The van der Waals surface area contributed by atoms with Crippen molar-refractivity contribution in [1.82, 2.24) is 5.32 Å². The predicted octanol–water partition coefficient (Wildman–Crippen LogP) is 2.74. The second kappa shape index (κ2) is 8.06. The molecular formula is C14H22FNO2. The number of benzene rings is 1. The van der Waals surface area contributed by atoms with Crippen molar-refractivity contribution >= 4 is 0 Å². The summed E-state index contributed by atoms with van der Waals surface area (Å²) in [5.74, 6) is -0.0379. The van der Waals surface area contributed by atoms with E-state index in [1.807, 2.05) is 19.9 Å². The van der Waals surface area contributed by atoms with Gasteiger partial charge in [0, 0.05) is 13.2 Å². The molecule has 0 heterocycles. The lowest BCUT2D eigenvalue weighted by molar-refractivity contribution is 0.0770. The molecule has 18 heavy (non-hydrogen) atoms. The van der Waals surface area contributed by atoms with Crippen LogP contribution in [0.4, 0.5) is 4.39 Å². The Hall–Kier alpha value is -1.13. The van der Waals surface area contributed by atoms with Crippen LogP contribution in [0.5, 0.6) is 5.75 Å². The van der Waals surface area contributed by atoms with Gasteiger partial charge in [-0.1, -0.05) is 6.07 Å².